The van der Waals surface area contributed by atoms with E-state index in [1.165, 1.54) is 6.20 Å². The number of aromatic nitrogens is 3. The van der Waals surface area contributed by atoms with Gasteiger partial charge in [0.25, 0.3) is 0 Å². The van der Waals surface area contributed by atoms with Crippen LogP contribution in [-0.2, 0) is 18.3 Å². The normalized spacial score (nSPS) is 21.9. The van der Waals surface area contributed by atoms with Gasteiger partial charge in [0.2, 0.25) is 0 Å². The fourth-order valence-electron chi connectivity index (χ4n) is 2.95. The molecule has 0 bridgehead atoms. The molecule has 118 valence electrons. The summed E-state index contributed by atoms with van der Waals surface area (Å²) in [7, 11) is 1.91. The van der Waals surface area contributed by atoms with Crippen molar-refractivity contribution in [2.45, 2.75) is 25.5 Å². The van der Waals surface area contributed by atoms with Crippen LogP contribution in [0.2, 0.25) is 0 Å². The number of rotatable bonds is 5. The Morgan fingerprint density at radius 3 is 3.14 bits per heavy atom. The van der Waals surface area contributed by atoms with E-state index in [0.29, 0.717) is 18.0 Å². The number of hydrogen-bond acceptors (Lipinski definition) is 4. The predicted octanol–water partition coefficient (Wildman–Crippen LogP) is 2.21. The summed E-state index contributed by atoms with van der Waals surface area (Å²) < 4.78 is 21.3. The number of hydrogen-bond donors (Lipinski definition) is 1. The van der Waals surface area contributed by atoms with E-state index in [0.717, 1.165) is 31.6 Å². The summed E-state index contributed by atoms with van der Waals surface area (Å²) in [6.45, 7) is 2.08. The maximum Gasteiger partial charge on any atom is 0.145 e. The molecule has 1 N–H and O–H groups in total. The molecule has 0 aliphatic carbocycles. The first-order valence-corrected chi connectivity index (χ1v) is 7.63. The lowest BCUT2D eigenvalue weighted by molar-refractivity contribution is -0.0279. The summed E-state index contributed by atoms with van der Waals surface area (Å²) in [4.78, 5) is 3.76. The summed E-state index contributed by atoms with van der Waals surface area (Å²) in [6.07, 6.45) is 8.97. The van der Waals surface area contributed by atoms with Gasteiger partial charge in [0.05, 0.1) is 18.5 Å². The lowest BCUT2D eigenvalue weighted by atomic mass is 9.91. The van der Waals surface area contributed by atoms with Crippen LogP contribution >= 0.6 is 0 Å². The number of pyridine rings is 1. The van der Waals surface area contributed by atoms with E-state index >= 15 is 0 Å². The topological polar surface area (TPSA) is 52.0 Å². The fraction of sp³-hybridized carbons (Fsp3) is 0.500. The molecule has 0 spiro atoms. The molecule has 0 saturated carbocycles. The molecule has 0 radical (unpaired) electrons. The molecule has 2 aromatic heterocycles. The van der Waals surface area contributed by atoms with Crippen LogP contribution in [0, 0.1) is 11.7 Å². The van der Waals surface area contributed by atoms with Crippen LogP contribution in [-0.4, -0.2) is 27.9 Å². The Hall–Kier alpha value is -1.79. The van der Waals surface area contributed by atoms with Crippen LogP contribution in [0.5, 0.6) is 0 Å². The summed E-state index contributed by atoms with van der Waals surface area (Å²) in [5.41, 5.74) is 1.76. The smallest absolute Gasteiger partial charge is 0.145 e. The first-order chi connectivity index (χ1) is 10.7. The fourth-order valence-corrected chi connectivity index (χ4v) is 2.95. The highest BCUT2D eigenvalue weighted by atomic mass is 19.1. The van der Waals surface area contributed by atoms with E-state index in [9.17, 15) is 4.39 Å². The first-order valence-electron chi connectivity index (χ1n) is 7.63. The zero-order valence-electron chi connectivity index (χ0n) is 12.7. The number of ether oxygens (including phenoxy) is 1. The largest absolute Gasteiger partial charge is 0.373 e. The molecule has 0 aromatic carbocycles. The van der Waals surface area contributed by atoms with Gasteiger partial charge < -0.3 is 10.1 Å². The summed E-state index contributed by atoms with van der Waals surface area (Å²) in [5, 5.41) is 7.57. The Bertz CT molecular complexity index is 616. The van der Waals surface area contributed by atoms with Crippen molar-refractivity contribution in [2.24, 2.45) is 13.0 Å². The van der Waals surface area contributed by atoms with E-state index < -0.39 is 0 Å². The average molecular weight is 304 g/mol. The van der Waals surface area contributed by atoms with Crippen molar-refractivity contribution in [3.8, 4) is 0 Å². The Morgan fingerprint density at radius 1 is 1.45 bits per heavy atom. The van der Waals surface area contributed by atoms with Gasteiger partial charge in [0, 0.05) is 56.2 Å². The third-order valence-electron chi connectivity index (χ3n) is 4.08. The highest BCUT2D eigenvalue weighted by Crippen LogP contribution is 2.32. The van der Waals surface area contributed by atoms with Crippen molar-refractivity contribution in [2.75, 3.05) is 13.2 Å². The lowest BCUT2D eigenvalue weighted by Gasteiger charge is -2.31. The molecule has 2 aromatic rings. The van der Waals surface area contributed by atoms with E-state index in [1.807, 2.05) is 19.4 Å². The van der Waals surface area contributed by atoms with E-state index in [-0.39, 0.29) is 11.9 Å². The van der Waals surface area contributed by atoms with Gasteiger partial charge in [-0.15, -0.1) is 0 Å². The van der Waals surface area contributed by atoms with Crippen molar-refractivity contribution in [1.82, 2.24) is 20.1 Å². The molecule has 1 aliphatic heterocycles. The van der Waals surface area contributed by atoms with Gasteiger partial charge in [-0.05, 0) is 18.9 Å². The highest BCUT2D eigenvalue weighted by Gasteiger charge is 2.28. The first kappa shape index (κ1) is 15.1. The van der Waals surface area contributed by atoms with Gasteiger partial charge in [-0.3, -0.25) is 9.67 Å². The monoisotopic (exact) mass is 304 g/mol. The van der Waals surface area contributed by atoms with Crippen molar-refractivity contribution >= 4 is 0 Å². The standard InChI is InChI=1S/C16H21FN4O/c1-21-11-14(9-20-21)16-13(3-2-6-22-16)8-19-7-12-4-5-18-10-15(12)17/h4-5,9-11,13,16,19H,2-3,6-8H2,1H3/t13-,16+/m0/s1. The third kappa shape index (κ3) is 3.51. The van der Waals surface area contributed by atoms with Crippen LogP contribution in [0.15, 0.2) is 30.9 Å². The van der Waals surface area contributed by atoms with E-state index in [1.54, 1.807) is 16.9 Å². The van der Waals surface area contributed by atoms with Crippen LogP contribution in [0.1, 0.15) is 30.1 Å². The second-order valence-corrected chi connectivity index (χ2v) is 5.74. The molecule has 3 heterocycles. The summed E-state index contributed by atoms with van der Waals surface area (Å²) in [6, 6.07) is 1.71. The zero-order valence-corrected chi connectivity index (χ0v) is 12.7. The van der Waals surface area contributed by atoms with Crippen LogP contribution in [0.25, 0.3) is 0 Å². The van der Waals surface area contributed by atoms with Crippen molar-refractivity contribution in [1.29, 1.82) is 0 Å². The predicted molar refractivity (Wildman–Crippen MR) is 80.5 cm³/mol. The third-order valence-corrected chi connectivity index (χ3v) is 4.08. The van der Waals surface area contributed by atoms with E-state index in [4.69, 9.17) is 4.74 Å². The molecule has 2 atom stereocenters. The molecule has 0 unspecified atom stereocenters. The van der Waals surface area contributed by atoms with Gasteiger partial charge in [0.15, 0.2) is 0 Å². The summed E-state index contributed by atoms with van der Waals surface area (Å²) in [5.74, 6) is 0.113. The zero-order chi connectivity index (χ0) is 15.4. The average Bonchev–Trinajstić information content (AvgIpc) is 2.96. The lowest BCUT2D eigenvalue weighted by Crippen LogP contribution is -2.31. The van der Waals surface area contributed by atoms with E-state index in [2.05, 4.69) is 15.4 Å². The second kappa shape index (κ2) is 6.98. The van der Waals surface area contributed by atoms with Gasteiger partial charge in [-0.1, -0.05) is 0 Å². The number of nitrogens with one attached hydrogen (secondary N) is 1. The van der Waals surface area contributed by atoms with Gasteiger partial charge in [-0.2, -0.15) is 5.10 Å². The van der Waals surface area contributed by atoms with Gasteiger partial charge in [0.1, 0.15) is 5.82 Å². The maximum atomic E-state index is 13.6. The van der Waals surface area contributed by atoms with Crippen molar-refractivity contribution in [3.63, 3.8) is 0 Å². The van der Waals surface area contributed by atoms with Crippen molar-refractivity contribution in [3.05, 3.63) is 47.8 Å². The Labute approximate surface area is 129 Å². The van der Waals surface area contributed by atoms with Crippen LogP contribution < -0.4 is 5.32 Å². The van der Waals surface area contributed by atoms with Crippen molar-refractivity contribution < 1.29 is 9.13 Å². The minimum Gasteiger partial charge on any atom is -0.373 e. The Morgan fingerprint density at radius 2 is 2.36 bits per heavy atom. The van der Waals surface area contributed by atoms with Crippen LogP contribution in [0.4, 0.5) is 4.39 Å². The number of aryl methyl sites for hydroxylation is 1. The highest BCUT2D eigenvalue weighted by molar-refractivity contribution is 5.13. The Balaban J connectivity index is 1.59. The minimum absolute atomic E-state index is 0.0669. The minimum atomic E-state index is -0.265. The van der Waals surface area contributed by atoms with Crippen LogP contribution in [0.3, 0.4) is 0 Å². The molecule has 6 heteroatoms. The molecule has 22 heavy (non-hydrogen) atoms. The Kier molecular flexibility index (Phi) is 4.80. The second-order valence-electron chi connectivity index (χ2n) is 5.74. The molecular formula is C16H21FN4O. The maximum absolute atomic E-state index is 13.6. The molecule has 3 rings (SSSR count). The molecule has 1 fully saturated rings. The SMILES string of the molecule is Cn1cc([C@@H]2OCCC[C@H]2CNCc2ccncc2F)cn1. The van der Waals surface area contributed by atoms with Gasteiger partial charge >= 0.3 is 0 Å². The molecule has 1 aliphatic rings. The molecule has 5 nitrogen and oxygen atoms in total. The quantitative estimate of drug-likeness (QED) is 0.920. The van der Waals surface area contributed by atoms with Gasteiger partial charge in [-0.25, -0.2) is 4.39 Å². The molecule has 1 saturated heterocycles. The molecule has 0 amide bonds. The number of halogens is 1. The summed E-state index contributed by atoms with van der Waals surface area (Å²) >= 11 is 0. The number of nitrogens with zero attached hydrogens (tertiary/aromatic N) is 3. The molecular weight excluding hydrogens is 283 g/mol.